The van der Waals surface area contributed by atoms with Gasteiger partial charge in [-0.25, -0.2) is 0 Å². The molecule has 0 amide bonds. The van der Waals surface area contributed by atoms with Crippen molar-refractivity contribution in [2.24, 2.45) is 0 Å². The summed E-state index contributed by atoms with van der Waals surface area (Å²) in [6, 6.07) is 6.67. The first-order valence-corrected chi connectivity index (χ1v) is 7.42. The average molecular weight is 286 g/mol. The molecule has 0 aromatic heterocycles. The van der Waals surface area contributed by atoms with Gasteiger partial charge in [-0.15, -0.1) is 0 Å². The van der Waals surface area contributed by atoms with Crippen molar-refractivity contribution in [2.45, 2.75) is 40.0 Å². The summed E-state index contributed by atoms with van der Waals surface area (Å²) in [5, 5.41) is 29.5. The number of hydrogen-bond acceptors (Lipinski definition) is 3. The molecule has 21 heavy (non-hydrogen) atoms. The van der Waals surface area contributed by atoms with Gasteiger partial charge in [-0.05, 0) is 47.6 Å². The number of rotatable bonds is 4. The van der Waals surface area contributed by atoms with Crippen LogP contribution in [0.5, 0.6) is 17.2 Å². The van der Waals surface area contributed by atoms with Crippen LogP contribution in [0.2, 0.25) is 0 Å². The maximum Gasteiger partial charge on any atom is 0.165 e. The van der Waals surface area contributed by atoms with Crippen molar-refractivity contribution in [2.75, 3.05) is 0 Å². The first-order valence-electron chi connectivity index (χ1n) is 7.42. The van der Waals surface area contributed by atoms with Gasteiger partial charge in [-0.2, -0.15) is 0 Å². The van der Waals surface area contributed by atoms with E-state index >= 15 is 0 Å². The molecule has 0 spiro atoms. The van der Waals surface area contributed by atoms with Crippen LogP contribution >= 0.6 is 0 Å². The minimum absolute atomic E-state index is 0.0556. The molecule has 0 saturated carbocycles. The summed E-state index contributed by atoms with van der Waals surface area (Å²) in [4.78, 5) is 0. The molecule has 3 heteroatoms. The van der Waals surface area contributed by atoms with Crippen LogP contribution in [0.1, 0.15) is 37.5 Å². The van der Waals surface area contributed by atoms with Gasteiger partial charge < -0.3 is 15.3 Å². The van der Waals surface area contributed by atoms with E-state index in [4.69, 9.17) is 0 Å². The van der Waals surface area contributed by atoms with E-state index in [9.17, 15) is 15.3 Å². The second-order valence-electron chi connectivity index (χ2n) is 5.15. The van der Waals surface area contributed by atoms with Crippen LogP contribution in [0.3, 0.4) is 0 Å². The summed E-state index contributed by atoms with van der Waals surface area (Å²) >= 11 is 0. The first kappa shape index (κ1) is 15.2. The van der Waals surface area contributed by atoms with E-state index in [0.29, 0.717) is 5.56 Å². The zero-order valence-electron chi connectivity index (χ0n) is 12.8. The number of phenolic OH excluding ortho intramolecular Hbond substituents is 3. The molecule has 3 N–H and O–H groups in total. The summed E-state index contributed by atoms with van der Waals surface area (Å²) in [6.45, 7) is 6.33. The van der Waals surface area contributed by atoms with Crippen molar-refractivity contribution >= 4 is 0 Å². The molecule has 0 radical (unpaired) electrons. The Morgan fingerprint density at radius 1 is 0.762 bits per heavy atom. The molecule has 0 unspecified atom stereocenters. The topological polar surface area (TPSA) is 60.7 Å². The molecular formula is C18H22O3. The summed E-state index contributed by atoms with van der Waals surface area (Å²) in [5.41, 5.74) is 5.11. The lowest BCUT2D eigenvalue weighted by molar-refractivity contribution is 0.398. The predicted molar refractivity (Wildman–Crippen MR) is 85.0 cm³/mol. The van der Waals surface area contributed by atoms with E-state index in [1.54, 1.807) is 0 Å². The fourth-order valence-electron chi connectivity index (χ4n) is 2.98. The molecule has 2 aromatic rings. The van der Waals surface area contributed by atoms with Crippen LogP contribution in [0.15, 0.2) is 24.3 Å². The minimum atomic E-state index is -0.301. The van der Waals surface area contributed by atoms with Crippen molar-refractivity contribution in [1.82, 2.24) is 0 Å². The van der Waals surface area contributed by atoms with Gasteiger partial charge >= 0.3 is 0 Å². The summed E-state index contributed by atoms with van der Waals surface area (Å²) in [7, 11) is 0. The van der Waals surface area contributed by atoms with Gasteiger partial charge in [0, 0.05) is 11.6 Å². The van der Waals surface area contributed by atoms with Crippen molar-refractivity contribution in [3.63, 3.8) is 0 Å². The third-order valence-corrected chi connectivity index (χ3v) is 3.98. The molecule has 0 fully saturated rings. The Hall–Kier alpha value is -2.16. The number of hydrogen-bond donors (Lipinski definition) is 3. The number of benzene rings is 2. The Balaban J connectivity index is 2.76. The lowest BCUT2D eigenvalue weighted by atomic mass is 9.88. The molecular weight excluding hydrogens is 264 g/mol. The molecule has 0 aliphatic heterocycles. The van der Waals surface area contributed by atoms with Gasteiger partial charge in [0.1, 0.15) is 5.75 Å². The average Bonchev–Trinajstić information content (AvgIpc) is 2.49. The maximum atomic E-state index is 10.1. The van der Waals surface area contributed by atoms with Gasteiger partial charge in [-0.1, -0.05) is 32.9 Å². The Morgan fingerprint density at radius 3 is 2.00 bits per heavy atom. The Labute approximate surface area is 125 Å². The standard InChI is InChI=1S/C18H22O3/c1-4-11-7-8-15(14(6-3)13(11)5-2)16-9-12(19)10-17(20)18(16)21/h7-10,19-21H,4-6H2,1-3H3. The van der Waals surface area contributed by atoms with Gasteiger partial charge in [0.2, 0.25) is 0 Å². The van der Waals surface area contributed by atoms with Gasteiger partial charge in [0.15, 0.2) is 11.5 Å². The van der Waals surface area contributed by atoms with Crippen LogP contribution in [0.4, 0.5) is 0 Å². The molecule has 0 aliphatic rings. The van der Waals surface area contributed by atoms with E-state index in [0.717, 1.165) is 36.5 Å². The van der Waals surface area contributed by atoms with E-state index in [2.05, 4.69) is 26.8 Å². The second-order valence-corrected chi connectivity index (χ2v) is 5.15. The smallest absolute Gasteiger partial charge is 0.165 e. The van der Waals surface area contributed by atoms with Crippen LogP contribution in [0, 0.1) is 0 Å². The Kier molecular flexibility index (Phi) is 4.41. The highest BCUT2D eigenvalue weighted by atomic mass is 16.3. The normalized spacial score (nSPS) is 10.8. The highest BCUT2D eigenvalue weighted by Crippen LogP contribution is 2.42. The van der Waals surface area contributed by atoms with Crippen LogP contribution < -0.4 is 0 Å². The zero-order valence-corrected chi connectivity index (χ0v) is 12.8. The molecule has 112 valence electrons. The SMILES string of the molecule is CCc1ccc(-c2cc(O)cc(O)c2O)c(CC)c1CC. The second kappa shape index (κ2) is 6.08. The Morgan fingerprint density at radius 2 is 1.43 bits per heavy atom. The quantitative estimate of drug-likeness (QED) is 0.584. The summed E-state index contributed by atoms with van der Waals surface area (Å²) in [6.07, 6.45) is 2.72. The van der Waals surface area contributed by atoms with E-state index < -0.39 is 0 Å². The first-order chi connectivity index (χ1) is 10.0. The van der Waals surface area contributed by atoms with Crippen LogP contribution in [0.25, 0.3) is 11.1 Å². The van der Waals surface area contributed by atoms with E-state index in [1.807, 2.05) is 6.07 Å². The summed E-state index contributed by atoms with van der Waals surface area (Å²) < 4.78 is 0. The van der Waals surface area contributed by atoms with Gasteiger partial charge in [-0.3, -0.25) is 0 Å². The lowest BCUT2D eigenvalue weighted by Crippen LogP contribution is -2.00. The van der Waals surface area contributed by atoms with Crippen molar-refractivity contribution < 1.29 is 15.3 Å². The fourth-order valence-corrected chi connectivity index (χ4v) is 2.98. The van der Waals surface area contributed by atoms with E-state index in [-0.39, 0.29) is 17.2 Å². The Bertz CT molecular complexity index is 660. The highest BCUT2D eigenvalue weighted by molar-refractivity contribution is 5.78. The van der Waals surface area contributed by atoms with Crippen molar-refractivity contribution in [1.29, 1.82) is 0 Å². The largest absolute Gasteiger partial charge is 0.508 e. The summed E-state index contributed by atoms with van der Waals surface area (Å²) in [5.74, 6) is -0.543. The molecule has 0 bridgehead atoms. The zero-order chi connectivity index (χ0) is 15.6. The lowest BCUT2D eigenvalue weighted by Gasteiger charge is -2.18. The molecule has 2 rings (SSSR count). The minimum Gasteiger partial charge on any atom is -0.508 e. The molecule has 3 nitrogen and oxygen atoms in total. The molecule has 0 saturated heterocycles. The van der Waals surface area contributed by atoms with Crippen LogP contribution in [-0.4, -0.2) is 15.3 Å². The van der Waals surface area contributed by atoms with Crippen molar-refractivity contribution in [3.8, 4) is 28.4 Å². The van der Waals surface area contributed by atoms with Crippen molar-refractivity contribution in [3.05, 3.63) is 41.0 Å². The molecule has 2 aromatic carbocycles. The third kappa shape index (κ3) is 2.68. The predicted octanol–water partition coefficient (Wildman–Crippen LogP) is 4.16. The fraction of sp³-hybridized carbons (Fsp3) is 0.333. The number of aromatic hydroxyl groups is 3. The number of phenols is 3. The number of aryl methyl sites for hydroxylation is 1. The highest BCUT2D eigenvalue weighted by Gasteiger charge is 2.17. The van der Waals surface area contributed by atoms with E-state index in [1.165, 1.54) is 17.2 Å². The monoisotopic (exact) mass is 286 g/mol. The molecule has 0 aliphatic carbocycles. The molecule has 0 heterocycles. The van der Waals surface area contributed by atoms with Gasteiger partial charge in [0.25, 0.3) is 0 Å². The van der Waals surface area contributed by atoms with Crippen LogP contribution in [-0.2, 0) is 19.3 Å². The van der Waals surface area contributed by atoms with Gasteiger partial charge in [0.05, 0.1) is 0 Å². The third-order valence-electron chi connectivity index (χ3n) is 3.98. The molecule has 0 atom stereocenters. The maximum absolute atomic E-state index is 10.1.